The van der Waals surface area contributed by atoms with Crippen molar-refractivity contribution in [2.75, 3.05) is 6.54 Å². The molecule has 1 aliphatic heterocycles. The molecule has 6 nitrogen and oxygen atoms in total. The zero-order chi connectivity index (χ0) is 21.9. The number of hydrogen-bond donors (Lipinski definition) is 1. The SMILES string of the molecule is CC(C)N(C(=O)CN1C(=O)N[C@](Cc2ccccc2)(c2ccccc2)C1=O)C(C)C. The molecule has 0 aliphatic carbocycles. The Kier molecular flexibility index (Phi) is 6.25. The van der Waals surface area contributed by atoms with Gasteiger partial charge in [-0.25, -0.2) is 4.79 Å². The lowest BCUT2D eigenvalue weighted by molar-refractivity contribution is -0.141. The molecule has 4 amide bonds. The van der Waals surface area contributed by atoms with Gasteiger partial charge in [-0.2, -0.15) is 0 Å². The number of imide groups is 1. The van der Waals surface area contributed by atoms with Gasteiger partial charge in [-0.15, -0.1) is 0 Å². The van der Waals surface area contributed by atoms with E-state index in [2.05, 4.69) is 5.32 Å². The van der Waals surface area contributed by atoms with Crippen LogP contribution in [-0.2, 0) is 21.5 Å². The summed E-state index contributed by atoms with van der Waals surface area (Å²) in [5, 5.41) is 2.90. The molecule has 0 unspecified atom stereocenters. The van der Waals surface area contributed by atoms with Crippen LogP contribution in [0.3, 0.4) is 0 Å². The Morgan fingerprint density at radius 1 is 0.933 bits per heavy atom. The van der Waals surface area contributed by atoms with Crippen LogP contribution in [0.15, 0.2) is 60.7 Å². The molecule has 1 N–H and O–H groups in total. The zero-order valence-electron chi connectivity index (χ0n) is 18.0. The van der Waals surface area contributed by atoms with Gasteiger partial charge in [-0.3, -0.25) is 14.5 Å². The fourth-order valence-corrected chi connectivity index (χ4v) is 4.20. The molecule has 1 fully saturated rings. The molecule has 0 saturated carbocycles. The van der Waals surface area contributed by atoms with Gasteiger partial charge < -0.3 is 10.2 Å². The molecule has 30 heavy (non-hydrogen) atoms. The molecule has 1 saturated heterocycles. The second-order valence-electron chi connectivity index (χ2n) is 8.24. The predicted octanol–water partition coefficient (Wildman–Crippen LogP) is 3.32. The lowest BCUT2D eigenvalue weighted by atomic mass is 9.83. The Labute approximate surface area is 177 Å². The molecule has 1 atom stereocenters. The van der Waals surface area contributed by atoms with Crippen molar-refractivity contribution in [1.29, 1.82) is 0 Å². The second-order valence-corrected chi connectivity index (χ2v) is 8.24. The van der Waals surface area contributed by atoms with E-state index in [0.717, 1.165) is 10.5 Å². The first-order chi connectivity index (χ1) is 14.3. The first-order valence-electron chi connectivity index (χ1n) is 10.3. The highest BCUT2D eigenvalue weighted by Crippen LogP contribution is 2.33. The number of amides is 4. The summed E-state index contributed by atoms with van der Waals surface area (Å²) in [4.78, 5) is 42.2. The lowest BCUT2D eigenvalue weighted by Gasteiger charge is -2.32. The van der Waals surface area contributed by atoms with Crippen LogP contribution >= 0.6 is 0 Å². The normalized spacial score (nSPS) is 18.8. The van der Waals surface area contributed by atoms with Gasteiger partial charge in [0.05, 0.1) is 0 Å². The number of carbonyl (C=O) groups excluding carboxylic acids is 3. The van der Waals surface area contributed by atoms with Crippen molar-refractivity contribution in [3.05, 3.63) is 71.8 Å². The van der Waals surface area contributed by atoms with Crippen molar-refractivity contribution < 1.29 is 14.4 Å². The summed E-state index contributed by atoms with van der Waals surface area (Å²) in [5.41, 5.74) is 0.390. The van der Waals surface area contributed by atoms with Crippen molar-refractivity contribution in [3.63, 3.8) is 0 Å². The van der Waals surface area contributed by atoms with Crippen molar-refractivity contribution in [3.8, 4) is 0 Å². The molecule has 3 rings (SSSR count). The minimum atomic E-state index is -1.24. The van der Waals surface area contributed by atoms with Crippen LogP contribution in [0.4, 0.5) is 4.79 Å². The second kappa shape index (κ2) is 8.69. The number of carbonyl (C=O) groups is 3. The number of urea groups is 1. The highest BCUT2D eigenvalue weighted by Gasteiger charge is 2.53. The minimum Gasteiger partial charge on any atom is -0.336 e. The van der Waals surface area contributed by atoms with E-state index in [1.54, 1.807) is 4.90 Å². The number of benzene rings is 2. The van der Waals surface area contributed by atoms with E-state index in [4.69, 9.17) is 0 Å². The van der Waals surface area contributed by atoms with Gasteiger partial charge in [0.2, 0.25) is 5.91 Å². The summed E-state index contributed by atoms with van der Waals surface area (Å²) in [6.45, 7) is 7.42. The van der Waals surface area contributed by atoms with Crippen molar-refractivity contribution >= 4 is 17.8 Å². The van der Waals surface area contributed by atoms with Crippen LogP contribution in [0.1, 0.15) is 38.8 Å². The van der Waals surface area contributed by atoms with Crippen LogP contribution in [0, 0.1) is 0 Å². The highest BCUT2D eigenvalue weighted by molar-refractivity contribution is 6.09. The van der Waals surface area contributed by atoms with E-state index >= 15 is 0 Å². The smallest absolute Gasteiger partial charge is 0.325 e. The van der Waals surface area contributed by atoms with Crippen molar-refractivity contribution in [2.45, 2.75) is 51.7 Å². The van der Waals surface area contributed by atoms with Gasteiger partial charge >= 0.3 is 6.03 Å². The average molecular weight is 408 g/mol. The van der Waals surface area contributed by atoms with E-state index in [-0.39, 0.29) is 24.5 Å². The molecule has 0 aromatic heterocycles. The maximum absolute atomic E-state index is 13.6. The molecule has 6 heteroatoms. The zero-order valence-corrected chi connectivity index (χ0v) is 18.0. The third kappa shape index (κ3) is 4.08. The Bertz CT molecular complexity index is 904. The number of hydrogen-bond acceptors (Lipinski definition) is 3. The van der Waals surface area contributed by atoms with Crippen LogP contribution < -0.4 is 5.32 Å². The quantitative estimate of drug-likeness (QED) is 0.716. The molecule has 1 heterocycles. The van der Waals surface area contributed by atoms with Crippen LogP contribution in [0.25, 0.3) is 0 Å². The summed E-state index contributed by atoms with van der Waals surface area (Å²) in [7, 11) is 0. The van der Waals surface area contributed by atoms with Gasteiger partial charge in [-0.05, 0) is 38.8 Å². The molecule has 1 aliphatic rings. The van der Waals surface area contributed by atoms with Crippen LogP contribution in [0.5, 0.6) is 0 Å². The van der Waals surface area contributed by atoms with Crippen molar-refractivity contribution in [1.82, 2.24) is 15.1 Å². The largest absolute Gasteiger partial charge is 0.336 e. The topological polar surface area (TPSA) is 69.7 Å². The summed E-state index contributed by atoms with van der Waals surface area (Å²) in [6, 6.07) is 18.2. The first kappa shape index (κ1) is 21.6. The van der Waals surface area contributed by atoms with Gasteiger partial charge in [0.1, 0.15) is 6.54 Å². The van der Waals surface area contributed by atoms with Gasteiger partial charge in [0, 0.05) is 18.5 Å². The highest BCUT2D eigenvalue weighted by atomic mass is 16.2. The van der Waals surface area contributed by atoms with Gasteiger partial charge in [-0.1, -0.05) is 60.7 Å². The lowest BCUT2D eigenvalue weighted by Crippen LogP contribution is -2.49. The average Bonchev–Trinajstić information content (AvgIpc) is 2.94. The van der Waals surface area contributed by atoms with E-state index < -0.39 is 17.5 Å². The Morgan fingerprint density at radius 3 is 2.00 bits per heavy atom. The molecule has 0 bridgehead atoms. The number of rotatable bonds is 7. The first-order valence-corrected chi connectivity index (χ1v) is 10.3. The van der Waals surface area contributed by atoms with Gasteiger partial charge in [0.25, 0.3) is 5.91 Å². The maximum Gasteiger partial charge on any atom is 0.325 e. The Morgan fingerprint density at radius 2 is 1.47 bits per heavy atom. The fraction of sp³-hybridized carbons (Fsp3) is 0.375. The van der Waals surface area contributed by atoms with E-state index in [0.29, 0.717) is 12.0 Å². The summed E-state index contributed by atoms with van der Waals surface area (Å²) in [6.07, 6.45) is 0.311. The summed E-state index contributed by atoms with van der Waals surface area (Å²) >= 11 is 0. The van der Waals surface area contributed by atoms with Crippen molar-refractivity contribution in [2.24, 2.45) is 0 Å². The van der Waals surface area contributed by atoms with Crippen LogP contribution in [0.2, 0.25) is 0 Å². The van der Waals surface area contributed by atoms with Gasteiger partial charge in [0.15, 0.2) is 5.54 Å². The van der Waals surface area contributed by atoms with E-state index in [1.807, 2.05) is 88.4 Å². The van der Waals surface area contributed by atoms with Crippen LogP contribution in [-0.4, -0.2) is 46.3 Å². The fourth-order valence-electron chi connectivity index (χ4n) is 4.20. The number of nitrogens with one attached hydrogen (secondary N) is 1. The van der Waals surface area contributed by atoms with E-state index in [1.165, 1.54) is 0 Å². The minimum absolute atomic E-state index is 0.0264. The molecular formula is C24H29N3O3. The molecule has 2 aromatic carbocycles. The Hall–Kier alpha value is -3.15. The predicted molar refractivity (Wildman–Crippen MR) is 116 cm³/mol. The molecule has 2 aromatic rings. The van der Waals surface area contributed by atoms with E-state index in [9.17, 15) is 14.4 Å². The third-order valence-corrected chi connectivity index (χ3v) is 5.45. The number of nitrogens with zero attached hydrogens (tertiary/aromatic N) is 2. The Balaban J connectivity index is 1.95. The molecule has 0 radical (unpaired) electrons. The third-order valence-electron chi connectivity index (χ3n) is 5.45. The maximum atomic E-state index is 13.6. The molecule has 158 valence electrons. The molecular weight excluding hydrogens is 378 g/mol. The monoisotopic (exact) mass is 407 g/mol. The standard InChI is InChI=1S/C24H29N3O3/c1-17(2)27(18(3)4)21(28)16-26-22(29)24(25-23(26)30,20-13-9-6-10-14-20)15-19-11-7-5-8-12-19/h5-14,17-18H,15-16H2,1-4H3,(H,25,30)/t24-/m1/s1. The summed E-state index contributed by atoms with van der Waals surface area (Å²) in [5.74, 6) is -0.643. The molecule has 0 spiro atoms. The summed E-state index contributed by atoms with van der Waals surface area (Å²) < 4.78 is 0.